The Bertz CT molecular complexity index is 1340. The van der Waals surface area contributed by atoms with Crippen molar-refractivity contribution in [3.05, 3.63) is 47.5 Å². The van der Waals surface area contributed by atoms with Crippen LogP contribution in [0.2, 0.25) is 0 Å². The number of allylic oxidation sites excluding steroid dienone is 1. The van der Waals surface area contributed by atoms with Crippen molar-refractivity contribution in [3.8, 4) is 0 Å². The van der Waals surface area contributed by atoms with E-state index in [9.17, 15) is 24.6 Å². The highest BCUT2D eigenvalue weighted by molar-refractivity contribution is 5.86. The molecule has 1 aromatic rings. The number of cyclic esters (lactones) is 1. The molecule has 6 rings (SSSR count). The van der Waals surface area contributed by atoms with Gasteiger partial charge in [0.1, 0.15) is 6.10 Å². The zero-order valence-electron chi connectivity index (χ0n) is 23.3. The fourth-order valence-electron chi connectivity index (χ4n) is 8.33. The lowest BCUT2D eigenvalue weighted by atomic mass is 9.44. The summed E-state index contributed by atoms with van der Waals surface area (Å²) in [5.74, 6) is -8.22. The Labute approximate surface area is 231 Å². The van der Waals surface area contributed by atoms with Gasteiger partial charge in [0.25, 0.3) is 0 Å². The third-order valence-corrected chi connectivity index (χ3v) is 10.1. The molecule has 0 aromatic carbocycles. The van der Waals surface area contributed by atoms with Crippen LogP contribution in [0.3, 0.4) is 0 Å². The first-order chi connectivity index (χ1) is 18.6. The van der Waals surface area contributed by atoms with E-state index in [2.05, 4.69) is 0 Å². The Morgan fingerprint density at radius 1 is 1.15 bits per heavy atom. The van der Waals surface area contributed by atoms with E-state index >= 15 is 0 Å². The molecule has 11 heteroatoms. The van der Waals surface area contributed by atoms with E-state index < -0.39 is 76.1 Å². The number of methoxy groups -OCH3 is 1. The van der Waals surface area contributed by atoms with Crippen molar-refractivity contribution in [1.29, 1.82) is 0 Å². The predicted molar refractivity (Wildman–Crippen MR) is 133 cm³/mol. The second-order valence-electron chi connectivity index (χ2n) is 12.6. The Morgan fingerprint density at radius 2 is 1.88 bits per heavy atom. The van der Waals surface area contributed by atoms with Crippen LogP contribution < -0.4 is 0 Å². The van der Waals surface area contributed by atoms with Crippen molar-refractivity contribution in [1.82, 2.24) is 0 Å². The first-order valence-electron chi connectivity index (χ1n) is 13.4. The van der Waals surface area contributed by atoms with Gasteiger partial charge < -0.3 is 38.3 Å². The second-order valence-corrected chi connectivity index (χ2v) is 12.6. The fraction of sp³-hybridized carbons (Fsp3) is 0.621. The van der Waals surface area contributed by atoms with E-state index in [-0.39, 0.29) is 0 Å². The molecule has 1 saturated carbocycles. The monoisotopic (exact) mass is 558 g/mol. The zero-order valence-corrected chi connectivity index (χ0v) is 23.3. The number of carbonyl (C=O) groups is 3. The number of esters is 3. The maximum Gasteiger partial charge on any atom is 0.347 e. The van der Waals surface area contributed by atoms with Crippen LogP contribution in [0.5, 0.6) is 0 Å². The van der Waals surface area contributed by atoms with Crippen LogP contribution in [0.15, 0.2) is 46.3 Å². The molecular formula is C29H34O11. The maximum absolute atomic E-state index is 13.2. The largest absolute Gasteiger partial charge is 0.472 e. The fourth-order valence-corrected chi connectivity index (χ4v) is 8.33. The van der Waals surface area contributed by atoms with Crippen LogP contribution in [0.25, 0.3) is 0 Å². The molecule has 2 bridgehead atoms. The van der Waals surface area contributed by atoms with Crippen molar-refractivity contribution < 1.29 is 52.7 Å². The van der Waals surface area contributed by atoms with Crippen LogP contribution >= 0.6 is 0 Å². The molecule has 5 aliphatic rings. The molecule has 9 atom stereocenters. The molecule has 1 unspecified atom stereocenters. The van der Waals surface area contributed by atoms with Gasteiger partial charge in [-0.25, -0.2) is 9.59 Å². The molecule has 3 aliphatic heterocycles. The van der Waals surface area contributed by atoms with Gasteiger partial charge in [0.2, 0.25) is 17.7 Å². The molecule has 0 radical (unpaired) electrons. The number of aliphatic hydroxyl groups is 2. The smallest absolute Gasteiger partial charge is 0.347 e. The van der Waals surface area contributed by atoms with Gasteiger partial charge >= 0.3 is 17.9 Å². The normalized spacial score (nSPS) is 43.4. The number of hydrogen-bond acceptors (Lipinski definition) is 11. The van der Waals surface area contributed by atoms with Crippen LogP contribution in [0, 0.1) is 28.1 Å². The summed E-state index contributed by atoms with van der Waals surface area (Å²) in [6, 6.07) is 1.75. The molecule has 3 fully saturated rings. The lowest BCUT2D eigenvalue weighted by molar-refractivity contribution is -0.384. The lowest BCUT2D eigenvalue weighted by Crippen LogP contribution is -2.74. The molecule has 11 nitrogen and oxygen atoms in total. The van der Waals surface area contributed by atoms with Gasteiger partial charge in [0.15, 0.2) is 6.29 Å². The first-order valence-corrected chi connectivity index (χ1v) is 13.4. The molecule has 2 saturated heterocycles. The quantitative estimate of drug-likeness (QED) is 0.415. The Hall–Kier alpha value is -2.99. The highest BCUT2D eigenvalue weighted by Crippen LogP contribution is 2.73. The summed E-state index contributed by atoms with van der Waals surface area (Å²) < 4.78 is 33.9. The Morgan fingerprint density at radius 3 is 2.50 bits per heavy atom. The van der Waals surface area contributed by atoms with E-state index in [1.807, 2.05) is 6.92 Å². The van der Waals surface area contributed by atoms with Crippen molar-refractivity contribution in [3.63, 3.8) is 0 Å². The zero-order chi connectivity index (χ0) is 29.0. The minimum atomic E-state index is -2.34. The number of furan rings is 1. The Balaban J connectivity index is 1.57. The predicted octanol–water partition coefficient (Wildman–Crippen LogP) is 2.68. The van der Waals surface area contributed by atoms with E-state index in [4.69, 9.17) is 28.1 Å². The van der Waals surface area contributed by atoms with Crippen LogP contribution in [-0.2, 0) is 38.1 Å². The second kappa shape index (κ2) is 8.28. The summed E-state index contributed by atoms with van der Waals surface area (Å²) in [6.45, 7) is 8.43. The summed E-state index contributed by atoms with van der Waals surface area (Å²) in [4.78, 5) is 38.4. The lowest BCUT2D eigenvalue weighted by Gasteiger charge is -2.64. The standard InChI is InChI=1S/C29H34O11/c1-14(30)37-20(23(32)35-6)21-25(2,3)24-39-28(33)12-16-17(27(21,5)29(28,34)40-24)7-9-26(4)18(16)11-19(31)38-22(26)15-8-10-36-13-15/h8,10-13,17,20-22,24,33-34H,7,9H2,1-6H3/t17-,20+,21?,22-,24+,26+,27+,28+,29-/m0/s1. The maximum atomic E-state index is 13.2. The van der Waals surface area contributed by atoms with Crippen molar-refractivity contribution in [2.75, 3.05) is 7.11 Å². The van der Waals surface area contributed by atoms with E-state index in [1.165, 1.54) is 38.7 Å². The average Bonchev–Trinajstić information content (AvgIpc) is 3.49. The molecule has 216 valence electrons. The van der Waals surface area contributed by atoms with Crippen LogP contribution in [0.4, 0.5) is 0 Å². The van der Waals surface area contributed by atoms with Gasteiger partial charge in [-0.1, -0.05) is 27.7 Å². The summed E-state index contributed by atoms with van der Waals surface area (Å²) in [5, 5.41) is 24.3. The highest BCUT2D eigenvalue weighted by Gasteiger charge is 2.83. The van der Waals surface area contributed by atoms with E-state index in [0.29, 0.717) is 29.6 Å². The number of hydrogen-bond donors (Lipinski definition) is 2. The molecule has 40 heavy (non-hydrogen) atoms. The topological polar surface area (TPSA) is 151 Å². The molecule has 0 spiro atoms. The number of rotatable bonds is 4. The van der Waals surface area contributed by atoms with Crippen molar-refractivity contribution in [2.45, 2.75) is 77.5 Å². The van der Waals surface area contributed by atoms with Crippen LogP contribution in [0.1, 0.15) is 59.1 Å². The van der Waals surface area contributed by atoms with Crippen molar-refractivity contribution >= 4 is 17.9 Å². The first kappa shape index (κ1) is 27.2. The third kappa shape index (κ3) is 3.17. The number of ether oxygens (including phenoxy) is 5. The molecule has 1 aromatic heterocycles. The third-order valence-electron chi connectivity index (χ3n) is 10.1. The SMILES string of the molecule is COC(=O)[C@H](OC(C)=O)C1C(C)(C)[C@H]2O[C@]3(O)[C@@](O)(C=C4C5=CC(=O)O[C@@H](c6ccoc6)[C@]5(C)CC[C@@H]4[C@]13C)O2. The highest BCUT2D eigenvalue weighted by atomic mass is 16.9. The molecule has 2 aliphatic carbocycles. The molecular weight excluding hydrogens is 524 g/mol. The van der Waals surface area contributed by atoms with Gasteiger partial charge in [-0.05, 0) is 42.0 Å². The van der Waals surface area contributed by atoms with E-state index in [1.54, 1.807) is 26.8 Å². The molecule has 0 amide bonds. The minimum Gasteiger partial charge on any atom is -0.472 e. The van der Waals surface area contributed by atoms with Crippen molar-refractivity contribution in [2.24, 2.45) is 28.1 Å². The molecule has 2 N–H and O–H groups in total. The van der Waals surface area contributed by atoms with Gasteiger partial charge in [0.05, 0.1) is 19.6 Å². The van der Waals surface area contributed by atoms with E-state index in [0.717, 1.165) is 0 Å². The molecule has 4 heterocycles. The number of fused-ring (bicyclic) bond motifs is 5. The van der Waals surface area contributed by atoms with Gasteiger partial charge in [0, 0.05) is 40.7 Å². The van der Waals surface area contributed by atoms with Gasteiger partial charge in [-0.2, -0.15) is 0 Å². The number of carbonyl (C=O) groups excluding carboxylic acids is 3. The van der Waals surface area contributed by atoms with Gasteiger partial charge in [-0.3, -0.25) is 4.79 Å². The Kier molecular flexibility index (Phi) is 5.63. The summed E-state index contributed by atoms with van der Waals surface area (Å²) >= 11 is 0. The summed E-state index contributed by atoms with van der Waals surface area (Å²) in [5.41, 5.74) is -1.34. The van der Waals surface area contributed by atoms with Crippen LogP contribution in [-0.4, -0.2) is 59.2 Å². The average molecular weight is 559 g/mol. The van der Waals surface area contributed by atoms with Gasteiger partial charge in [-0.15, -0.1) is 0 Å². The minimum absolute atomic E-state index is 0.453. The summed E-state index contributed by atoms with van der Waals surface area (Å²) in [6.07, 6.45) is 3.60. The summed E-state index contributed by atoms with van der Waals surface area (Å²) in [7, 11) is 1.19.